The number of carbonyl (C=O) groups is 2. The van der Waals surface area contributed by atoms with Crippen molar-refractivity contribution in [3.63, 3.8) is 0 Å². The molecular formula is C17H21N5O3. The van der Waals surface area contributed by atoms with Crippen molar-refractivity contribution in [3.8, 4) is 0 Å². The molecule has 2 saturated heterocycles. The van der Waals surface area contributed by atoms with Crippen molar-refractivity contribution in [1.29, 1.82) is 0 Å². The monoisotopic (exact) mass is 343 g/mol. The summed E-state index contributed by atoms with van der Waals surface area (Å²) in [5.74, 6) is -0.687. The summed E-state index contributed by atoms with van der Waals surface area (Å²) in [7, 11) is 1.72. The molecule has 1 aromatic heterocycles. The van der Waals surface area contributed by atoms with E-state index < -0.39 is 11.9 Å². The van der Waals surface area contributed by atoms with E-state index in [1.54, 1.807) is 11.6 Å². The molecule has 25 heavy (non-hydrogen) atoms. The highest BCUT2D eigenvalue weighted by Gasteiger charge is 2.31. The van der Waals surface area contributed by atoms with Gasteiger partial charge in [-0.1, -0.05) is 0 Å². The van der Waals surface area contributed by atoms with E-state index in [9.17, 15) is 14.4 Å². The van der Waals surface area contributed by atoms with Crippen LogP contribution in [0.5, 0.6) is 0 Å². The van der Waals surface area contributed by atoms with Crippen LogP contribution in [-0.2, 0) is 16.6 Å². The maximum Gasteiger partial charge on any atom is 0.329 e. The summed E-state index contributed by atoms with van der Waals surface area (Å²) in [4.78, 5) is 38.6. The Morgan fingerprint density at radius 2 is 1.84 bits per heavy atom. The first-order valence-corrected chi connectivity index (χ1v) is 8.56. The molecule has 0 saturated carbocycles. The second-order valence-corrected chi connectivity index (χ2v) is 6.59. The van der Waals surface area contributed by atoms with Gasteiger partial charge in [-0.25, -0.2) is 4.79 Å². The average molecular weight is 343 g/mol. The van der Waals surface area contributed by atoms with Gasteiger partial charge in [0.1, 0.15) is 6.04 Å². The van der Waals surface area contributed by atoms with Gasteiger partial charge in [0, 0.05) is 45.3 Å². The summed E-state index contributed by atoms with van der Waals surface area (Å²) in [6, 6.07) is 5.26. The standard InChI is InChI=1S/C17H21N5O3/c1-20-14-10-11(21-8-6-18-7-9-21)2-3-12(14)22(17(20)25)13-4-5-15(23)19-16(13)24/h2-3,10,13,18H,4-9H2,1H3,(H,19,23,24)/t13-/m1/s1. The molecule has 0 spiro atoms. The SMILES string of the molecule is Cn1c(=O)n([C@@H]2CCC(=O)NC2=O)c2ccc(N3CCNCC3)cc21. The molecule has 0 radical (unpaired) electrons. The lowest BCUT2D eigenvalue weighted by atomic mass is 10.1. The summed E-state index contributed by atoms with van der Waals surface area (Å²) < 4.78 is 3.09. The molecule has 8 nitrogen and oxygen atoms in total. The van der Waals surface area contributed by atoms with E-state index in [1.807, 2.05) is 18.2 Å². The molecule has 2 aliphatic rings. The fourth-order valence-corrected chi connectivity index (χ4v) is 3.70. The van der Waals surface area contributed by atoms with Gasteiger partial charge in [0.2, 0.25) is 11.8 Å². The number of hydrogen-bond acceptors (Lipinski definition) is 5. The number of piperidine rings is 1. The summed E-state index contributed by atoms with van der Waals surface area (Å²) >= 11 is 0. The zero-order valence-electron chi connectivity index (χ0n) is 14.1. The van der Waals surface area contributed by atoms with Crippen molar-refractivity contribution in [2.45, 2.75) is 18.9 Å². The number of fused-ring (bicyclic) bond motifs is 1. The van der Waals surface area contributed by atoms with Crippen LogP contribution in [0.2, 0.25) is 0 Å². The van der Waals surface area contributed by atoms with E-state index in [4.69, 9.17) is 0 Å². The molecular weight excluding hydrogens is 322 g/mol. The Balaban J connectivity index is 1.78. The van der Waals surface area contributed by atoms with Gasteiger partial charge >= 0.3 is 5.69 Å². The minimum atomic E-state index is -0.640. The number of rotatable bonds is 2. The number of carbonyl (C=O) groups excluding carboxylic acids is 2. The van der Waals surface area contributed by atoms with Crippen molar-refractivity contribution in [3.05, 3.63) is 28.7 Å². The second kappa shape index (κ2) is 6.03. The van der Waals surface area contributed by atoms with Gasteiger partial charge in [-0.15, -0.1) is 0 Å². The van der Waals surface area contributed by atoms with Crippen LogP contribution >= 0.6 is 0 Å². The quantitative estimate of drug-likeness (QED) is 0.733. The molecule has 1 atom stereocenters. The fourth-order valence-electron chi connectivity index (χ4n) is 3.70. The molecule has 0 bridgehead atoms. The van der Waals surface area contributed by atoms with E-state index in [2.05, 4.69) is 15.5 Å². The van der Waals surface area contributed by atoms with Crippen molar-refractivity contribution in [2.24, 2.45) is 7.05 Å². The largest absolute Gasteiger partial charge is 0.369 e. The fraction of sp³-hybridized carbons (Fsp3) is 0.471. The Morgan fingerprint density at radius 1 is 1.08 bits per heavy atom. The molecule has 2 amide bonds. The number of benzene rings is 1. The van der Waals surface area contributed by atoms with Gasteiger partial charge in [0.25, 0.3) is 0 Å². The number of imidazole rings is 1. The number of hydrogen-bond donors (Lipinski definition) is 2. The van der Waals surface area contributed by atoms with E-state index in [0.717, 1.165) is 42.9 Å². The second-order valence-electron chi connectivity index (χ2n) is 6.59. The average Bonchev–Trinajstić information content (AvgIpc) is 2.87. The number of anilines is 1. The van der Waals surface area contributed by atoms with Gasteiger partial charge in [-0.2, -0.15) is 0 Å². The van der Waals surface area contributed by atoms with Crippen LogP contribution in [0.4, 0.5) is 5.69 Å². The summed E-state index contributed by atoms with van der Waals surface area (Å²) in [5.41, 5.74) is 2.36. The Bertz CT molecular complexity index is 907. The molecule has 2 aromatic rings. The van der Waals surface area contributed by atoms with Gasteiger partial charge in [0.15, 0.2) is 0 Å². The molecule has 0 aliphatic carbocycles. The molecule has 2 aliphatic heterocycles. The van der Waals surface area contributed by atoms with Crippen LogP contribution in [0, 0.1) is 0 Å². The first-order valence-electron chi connectivity index (χ1n) is 8.56. The van der Waals surface area contributed by atoms with Gasteiger partial charge in [0.05, 0.1) is 11.0 Å². The highest BCUT2D eigenvalue weighted by atomic mass is 16.2. The lowest BCUT2D eigenvalue weighted by molar-refractivity contribution is -0.135. The molecule has 132 valence electrons. The third-order valence-corrected chi connectivity index (χ3v) is 5.08. The third kappa shape index (κ3) is 2.62. The van der Waals surface area contributed by atoms with Crippen LogP contribution in [0.3, 0.4) is 0 Å². The molecule has 1 aromatic carbocycles. The van der Waals surface area contributed by atoms with Crippen molar-refractivity contribution in [1.82, 2.24) is 19.8 Å². The van der Waals surface area contributed by atoms with Crippen LogP contribution in [0.15, 0.2) is 23.0 Å². The molecule has 8 heteroatoms. The number of amides is 2. The Labute approximate surface area is 144 Å². The first-order chi connectivity index (χ1) is 12.1. The van der Waals surface area contributed by atoms with Crippen molar-refractivity contribution >= 4 is 28.5 Å². The van der Waals surface area contributed by atoms with Crippen LogP contribution in [0.1, 0.15) is 18.9 Å². The van der Waals surface area contributed by atoms with E-state index >= 15 is 0 Å². The minimum absolute atomic E-state index is 0.234. The Kier molecular flexibility index (Phi) is 3.84. The molecule has 2 N–H and O–H groups in total. The number of nitrogens with zero attached hydrogens (tertiary/aromatic N) is 3. The summed E-state index contributed by atoms with van der Waals surface area (Å²) in [6.07, 6.45) is 0.599. The number of aryl methyl sites for hydroxylation is 1. The zero-order chi connectivity index (χ0) is 17.6. The number of imide groups is 1. The van der Waals surface area contributed by atoms with Gasteiger partial charge < -0.3 is 10.2 Å². The number of nitrogens with one attached hydrogen (secondary N) is 2. The number of aromatic nitrogens is 2. The Morgan fingerprint density at radius 3 is 2.56 bits per heavy atom. The lowest BCUT2D eigenvalue weighted by Crippen LogP contribution is -2.44. The van der Waals surface area contributed by atoms with E-state index in [1.165, 1.54) is 4.57 Å². The lowest BCUT2D eigenvalue weighted by Gasteiger charge is -2.29. The van der Waals surface area contributed by atoms with E-state index in [0.29, 0.717) is 6.42 Å². The summed E-state index contributed by atoms with van der Waals surface area (Å²) in [6.45, 7) is 3.73. The first kappa shape index (κ1) is 15.9. The van der Waals surface area contributed by atoms with Crippen LogP contribution < -0.4 is 21.2 Å². The van der Waals surface area contributed by atoms with Crippen LogP contribution in [-0.4, -0.2) is 47.1 Å². The summed E-state index contributed by atoms with van der Waals surface area (Å²) in [5, 5.41) is 5.65. The highest BCUT2D eigenvalue weighted by Crippen LogP contribution is 2.26. The molecule has 3 heterocycles. The zero-order valence-corrected chi connectivity index (χ0v) is 14.1. The molecule has 0 unspecified atom stereocenters. The van der Waals surface area contributed by atoms with Gasteiger partial charge in [-0.3, -0.25) is 24.0 Å². The predicted octanol–water partition coefficient (Wildman–Crippen LogP) is -0.273. The molecule has 2 fully saturated rings. The smallest absolute Gasteiger partial charge is 0.329 e. The van der Waals surface area contributed by atoms with Crippen molar-refractivity contribution in [2.75, 3.05) is 31.1 Å². The van der Waals surface area contributed by atoms with Crippen LogP contribution in [0.25, 0.3) is 11.0 Å². The highest BCUT2D eigenvalue weighted by molar-refractivity contribution is 6.00. The van der Waals surface area contributed by atoms with Crippen molar-refractivity contribution < 1.29 is 9.59 Å². The third-order valence-electron chi connectivity index (χ3n) is 5.08. The normalized spacial score (nSPS) is 21.6. The number of piperazine rings is 1. The maximum atomic E-state index is 12.7. The minimum Gasteiger partial charge on any atom is -0.369 e. The predicted molar refractivity (Wildman–Crippen MR) is 93.7 cm³/mol. The maximum absolute atomic E-state index is 12.7. The topological polar surface area (TPSA) is 88.4 Å². The van der Waals surface area contributed by atoms with Gasteiger partial charge in [-0.05, 0) is 24.6 Å². The Hall–Kier alpha value is -2.61. The molecule has 4 rings (SSSR count). The van der Waals surface area contributed by atoms with E-state index in [-0.39, 0.29) is 18.0 Å².